The Morgan fingerprint density at radius 2 is 2.21 bits per heavy atom. The maximum atomic E-state index is 10.7. The lowest BCUT2D eigenvalue weighted by molar-refractivity contribution is -0.137. The van der Waals surface area contributed by atoms with E-state index < -0.39 is 11.3 Å². The Bertz CT molecular complexity index is 480. The molecule has 14 heavy (non-hydrogen) atoms. The molecule has 1 N–H and O–H groups in total. The summed E-state index contributed by atoms with van der Waals surface area (Å²) < 4.78 is 1.51. The number of benzene rings is 1. The highest BCUT2D eigenvalue weighted by atomic mass is 32.1. The van der Waals surface area contributed by atoms with E-state index in [9.17, 15) is 4.79 Å². The van der Waals surface area contributed by atoms with Gasteiger partial charge in [0.1, 0.15) is 0 Å². The molecule has 0 aliphatic heterocycles. The van der Waals surface area contributed by atoms with Crippen molar-refractivity contribution in [1.29, 1.82) is 0 Å². The topological polar surface area (TPSA) is 55.1 Å². The average Bonchev–Trinajstić information content (AvgIpc) is 2.60. The van der Waals surface area contributed by atoms with Crippen LogP contribution in [0.5, 0.6) is 0 Å². The van der Waals surface area contributed by atoms with Crippen LogP contribution < -0.4 is 0 Å². The summed E-state index contributed by atoms with van der Waals surface area (Å²) in [4.78, 5) is 14.8. The number of para-hydroxylation sites is 2. The van der Waals surface area contributed by atoms with E-state index in [2.05, 4.69) is 17.6 Å². The van der Waals surface area contributed by atoms with Gasteiger partial charge in [-0.3, -0.25) is 0 Å². The van der Waals surface area contributed by atoms with E-state index in [1.54, 1.807) is 0 Å². The second-order valence-corrected chi connectivity index (χ2v) is 3.34. The highest BCUT2D eigenvalue weighted by Gasteiger charge is 2.15. The number of carboxylic acids is 1. The van der Waals surface area contributed by atoms with Crippen LogP contribution in [0.4, 0.5) is 0 Å². The number of aliphatic carboxylic acids is 1. The van der Waals surface area contributed by atoms with Crippen LogP contribution in [0.1, 0.15) is 5.37 Å². The van der Waals surface area contributed by atoms with E-state index in [-0.39, 0.29) is 0 Å². The first kappa shape index (κ1) is 9.08. The van der Waals surface area contributed by atoms with Gasteiger partial charge in [0.05, 0.1) is 17.4 Å². The fraction of sp³-hybridized carbons (Fsp3) is 0.111. The zero-order chi connectivity index (χ0) is 10.1. The van der Waals surface area contributed by atoms with Crippen molar-refractivity contribution in [2.24, 2.45) is 0 Å². The van der Waals surface area contributed by atoms with Gasteiger partial charge in [-0.1, -0.05) is 12.1 Å². The average molecular weight is 208 g/mol. The fourth-order valence-electron chi connectivity index (χ4n) is 1.29. The Balaban J connectivity index is 2.58. The Morgan fingerprint density at radius 3 is 2.93 bits per heavy atom. The largest absolute Gasteiger partial charge is 0.479 e. The van der Waals surface area contributed by atoms with E-state index in [4.69, 9.17) is 5.11 Å². The molecule has 0 bridgehead atoms. The van der Waals surface area contributed by atoms with Crippen molar-refractivity contribution in [3.8, 4) is 0 Å². The number of imidazole rings is 1. The Kier molecular flexibility index (Phi) is 2.17. The van der Waals surface area contributed by atoms with Crippen LogP contribution in [0.2, 0.25) is 0 Å². The molecular formula is C9H8N2O2S. The van der Waals surface area contributed by atoms with E-state index in [0.717, 1.165) is 11.0 Å². The van der Waals surface area contributed by atoms with Crippen LogP contribution in [0.25, 0.3) is 11.0 Å². The first-order valence-corrected chi connectivity index (χ1v) is 4.54. The van der Waals surface area contributed by atoms with E-state index in [1.165, 1.54) is 10.9 Å². The van der Waals surface area contributed by atoms with Gasteiger partial charge >= 0.3 is 5.97 Å². The van der Waals surface area contributed by atoms with Crippen molar-refractivity contribution in [3.05, 3.63) is 30.6 Å². The monoisotopic (exact) mass is 208 g/mol. The van der Waals surface area contributed by atoms with Crippen LogP contribution in [-0.2, 0) is 4.79 Å². The number of aromatic nitrogens is 2. The van der Waals surface area contributed by atoms with Crippen molar-refractivity contribution in [2.45, 2.75) is 5.37 Å². The number of carboxylic acid groups (broad SMARTS) is 1. The number of hydrogen-bond donors (Lipinski definition) is 2. The summed E-state index contributed by atoms with van der Waals surface area (Å²) in [5, 5.41) is 7.90. The molecule has 2 rings (SSSR count). The van der Waals surface area contributed by atoms with Crippen LogP contribution in [-0.4, -0.2) is 20.6 Å². The molecule has 0 fully saturated rings. The number of carbonyl (C=O) groups is 1. The zero-order valence-corrected chi connectivity index (χ0v) is 8.06. The van der Waals surface area contributed by atoms with Crippen molar-refractivity contribution in [1.82, 2.24) is 9.55 Å². The number of fused-ring (bicyclic) bond motifs is 1. The number of hydrogen-bond acceptors (Lipinski definition) is 3. The molecule has 1 heterocycles. The van der Waals surface area contributed by atoms with Crippen LogP contribution in [0.3, 0.4) is 0 Å². The lowest BCUT2D eigenvalue weighted by Gasteiger charge is -2.07. The second kappa shape index (κ2) is 3.34. The van der Waals surface area contributed by atoms with Crippen molar-refractivity contribution >= 4 is 29.6 Å². The molecule has 2 aromatic rings. The van der Waals surface area contributed by atoms with Crippen LogP contribution >= 0.6 is 12.6 Å². The van der Waals surface area contributed by atoms with Gasteiger partial charge in [0.25, 0.3) is 0 Å². The van der Waals surface area contributed by atoms with Crippen molar-refractivity contribution in [3.63, 3.8) is 0 Å². The molecule has 1 unspecified atom stereocenters. The second-order valence-electron chi connectivity index (χ2n) is 2.85. The molecule has 0 saturated heterocycles. The molecule has 1 aromatic carbocycles. The molecule has 0 radical (unpaired) electrons. The lowest BCUT2D eigenvalue weighted by atomic mass is 10.3. The van der Waals surface area contributed by atoms with E-state index in [1.807, 2.05) is 24.3 Å². The van der Waals surface area contributed by atoms with Crippen molar-refractivity contribution in [2.75, 3.05) is 0 Å². The van der Waals surface area contributed by atoms with Gasteiger partial charge in [0.15, 0.2) is 5.37 Å². The normalized spacial score (nSPS) is 12.9. The molecular weight excluding hydrogens is 200 g/mol. The van der Waals surface area contributed by atoms with Gasteiger partial charge in [0.2, 0.25) is 0 Å². The SMILES string of the molecule is O=C(O)C(S)n1cnc2ccccc21. The van der Waals surface area contributed by atoms with Crippen molar-refractivity contribution < 1.29 is 9.90 Å². The predicted octanol–water partition coefficient (Wildman–Crippen LogP) is 1.55. The third-order valence-corrected chi connectivity index (χ3v) is 2.44. The Morgan fingerprint density at radius 1 is 1.50 bits per heavy atom. The summed E-state index contributed by atoms with van der Waals surface area (Å²) in [6.07, 6.45) is 1.48. The summed E-state index contributed by atoms with van der Waals surface area (Å²) in [6.45, 7) is 0. The third kappa shape index (κ3) is 1.35. The van der Waals surface area contributed by atoms with Gasteiger partial charge in [-0.25, -0.2) is 9.78 Å². The molecule has 5 heteroatoms. The number of nitrogens with zero attached hydrogens (tertiary/aromatic N) is 2. The van der Waals surface area contributed by atoms with Gasteiger partial charge in [-0.15, -0.1) is 12.6 Å². The molecule has 0 aliphatic rings. The maximum absolute atomic E-state index is 10.7. The summed E-state index contributed by atoms with van der Waals surface area (Å²) in [5.41, 5.74) is 1.54. The summed E-state index contributed by atoms with van der Waals surface area (Å²) >= 11 is 3.98. The molecule has 72 valence electrons. The molecule has 0 spiro atoms. The lowest BCUT2D eigenvalue weighted by Crippen LogP contribution is -2.12. The van der Waals surface area contributed by atoms with Gasteiger partial charge < -0.3 is 9.67 Å². The molecule has 0 amide bonds. The van der Waals surface area contributed by atoms with Gasteiger partial charge in [-0.2, -0.15) is 0 Å². The third-order valence-electron chi connectivity index (χ3n) is 1.97. The Labute approximate surface area is 85.6 Å². The molecule has 0 aliphatic carbocycles. The molecule has 4 nitrogen and oxygen atoms in total. The smallest absolute Gasteiger partial charge is 0.337 e. The quantitative estimate of drug-likeness (QED) is 0.736. The minimum absolute atomic E-state index is 0.771. The predicted molar refractivity (Wildman–Crippen MR) is 55.4 cm³/mol. The van der Waals surface area contributed by atoms with E-state index >= 15 is 0 Å². The highest BCUT2D eigenvalue weighted by Crippen LogP contribution is 2.19. The first-order valence-electron chi connectivity index (χ1n) is 4.02. The van der Waals surface area contributed by atoms with Gasteiger partial charge in [-0.05, 0) is 12.1 Å². The number of thiol groups is 1. The first-order chi connectivity index (χ1) is 6.70. The molecule has 0 saturated carbocycles. The highest BCUT2D eigenvalue weighted by molar-refractivity contribution is 7.81. The van der Waals surface area contributed by atoms with E-state index in [0.29, 0.717) is 0 Å². The summed E-state index contributed by atoms with van der Waals surface area (Å²) in [7, 11) is 0. The Hall–Kier alpha value is -1.49. The van der Waals surface area contributed by atoms with Crippen LogP contribution in [0.15, 0.2) is 30.6 Å². The number of rotatable bonds is 2. The fourth-order valence-corrected chi connectivity index (χ4v) is 1.48. The minimum Gasteiger partial charge on any atom is -0.479 e. The molecule has 1 atom stereocenters. The summed E-state index contributed by atoms with van der Waals surface area (Å²) in [5.74, 6) is -0.989. The zero-order valence-electron chi connectivity index (χ0n) is 7.16. The van der Waals surface area contributed by atoms with Gasteiger partial charge in [0, 0.05) is 0 Å². The molecule has 1 aromatic heterocycles. The standard InChI is InChI=1S/C9H8N2O2S/c12-9(13)8(14)11-5-10-6-3-1-2-4-7(6)11/h1-5,8,14H,(H,12,13). The van der Waals surface area contributed by atoms with Crippen LogP contribution in [0, 0.1) is 0 Å². The maximum Gasteiger partial charge on any atom is 0.337 e. The minimum atomic E-state index is -0.989. The summed E-state index contributed by atoms with van der Waals surface area (Å²) in [6, 6.07) is 7.33.